The fourth-order valence-corrected chi connectivity index (χ4v) is 4.69. The smallest absolute Gasteiger partial charge is 0.385 e. The van der Waals surface area contributed by atoms with Crippen LogP contribution in [-0.4, -0.2) is 48.3 Å². The number of aromatic nitrogens is 1. The molecule has 3 aromatic rings. The first-order valence-electron chi connectivity index (χ1n) is 9.84. The summed E-state index contributed by atoms with van der Waals surface area (Å²) in [6.45, 7) is -1.62. The summed E-state index contributed by atoms with van der Waals surface area (Å²) in [6.07, 6.45) is -4.18. The molecule has 4 N–H and O–H groups in total. The van der Waals surface area contributed by atoms with Crippen LogP contribution >= 0.6 is 11.6 Å². The molecule has 10 nitrogen and oxygen atoms in total. The minimum atomic E-state index is -5.44. The van der Waals surface area contributed by atoms with Gasteiger partial charge in [-0.25, -0.2) is 18.2 Å². The lowest BCUT2D eigenvalue weighted by molar-refractivity contribution is -0.201. The molecule has 0 aliphatic rings. The maximum Gasteiger partial charge on any atom is 0.491 e. The Morgan fingerprint density at radius 2 is 1.81 bits per heavy atom. The molecule has 190 valence electrons. The van der Waals surface area contributed by atoms with E-state index in [0.29, 0.717) is 15.3 Å². The highest BCUT2D eigenvalue weighted by atomic mass is 35.5. The number of rotatable bonds is 7. The van der Waals surface area contributed by atoms with Crippen LogP contribution < -0.4 is 11.1 Å². The molecule has 0 aliphatic carbocycles. The second-order valence-corrected chi connectivity index (χ2v) is 9.56. The van der Waals surface area contributed by atoms with Gasteiger partial charge in [0.05, 0.1) is 9.92 Å². The van der Waals surface area contributed by atoms with E-state index in [1.807, 2.05) is 0 Å². The summed E-state index contributed by atoms with van der Waals surface area (Å²) < 4.78 is 68.8. The molecule has 0 aliphatic heterocycles. The lowest BCUT2D eigenvalue weighted by Gasteiger charge is -2.22. The van der Waals surface area contributed by atoms with Crippen molar-refractivity contribution in [3.05, 3.63) is 65.3 Å². The summed E-state index contributed by atoms with van der Waals surface area (Å²) in [5.74, 6) is -4.96. The highest BCUT2D eigenvalue weighted by Gasteiger charge is 2.43. The molecule has 0 saturated heterocycles. The number of esters is 2. The number of nitrogens with one attached hydrogen (secondary N) is 2. The third-order valence-electron chi connectivity index (χ3n) is 4.65. The zero-order valence-corrected chi connectivity index (χ0v) is 19.6. The van der Waals surface area contributed by atoms with Gasteiger partial charge >= 0.3 is 18.1 Å². The molecule has 0 bridgehead atoms. The zero-order valence-electron chi connectivity index (χ0n) is 18.0. The number of guanidine groups is 1. The Hall–Kier alpha value is -3.75. The van der Waals surface area contributed by atoms with Crippen LogP contribution in [0.5, 0.6) is 0 Å². The summed E-state index contributed by atoms with van der Waals surface area (Å²) in [7, 11) is -4.56. The molecule has 0 atom stereocenters. The van der Waals surface area contributed by atoms with E-state index in [1.54, 1.807) is 18.2 Å². The van der Waals surface area contributed by atoms with E-state index in [0.717, 1.165) is 6.07 Å². The molecule has 2 aromatic carbocycles. The van der Waals surface area contributed by atoms with Crippen LogP contribution in [0, 0.1) is 5.41 Å². The molecule has 0 unspecified atom stereocenters. The van der Waals surface area contributed by atoms with Crippen molar-refractivity contribution in [1.82, 2.24) is 9.29 Å². The standard InChI is InChI=1S/C21H17ClF3N5O5S/c22-16-9-28-18(29-20(26)27)15-8-13(6-7-14(15)16)36(33,34)30(10-12-4-2-1-3-5-12)11-17(31)35-19(32)21(23,24)25/h1-9H,10-11H2,(H4,26,27,28,29). The number of nitrogens with zero attached hydrogens (tertiary/aromatic N) is 2. The minimum Gasteiger partial charge on any atom is -0.385 e. The number of carbonyl (C=O) groups excluding carboxylic acids is 2. The summed E-state index contributed by atoms with van der Waals surface area (Å²) in [5.41, 5.74) is 5.75. The molecule has 0 fully saturated rings. The predicted molar refractivity (Wildman–Crippen MR) is 123 cm³/mol. The third-order valence-corrected chi connectivity index (χ3v) is 6.74. The molecule has 36 heavy (non-hydrogen) atoms. The molecule has 1 aromatic heterocycles. The van der Waals surface area contributed by atoms with Gasteiger partial charge in [0.1, 0.15) is 12.4 Å². The van der Waals surface area contributed by atoms with Crippen molar-refractivity contribution in [3.8, 4) is 0 Å². The van der Waals surface area contributed by atoms with E-state index in [4.69, 9.17) is 22.7 Å². The lowest BCUT2D eigenvalue weighted by atomic mass is 10.1. The van der Waals surface area contributed by atoms with Crippen LogP contribution in [0.15, 0.2) is 59.6 Å². The van der Waals surface area contributed by atoms with E-state index in [-0.39, 0.29) is 21.1 Å². The number of nitrogens with two attached hydrogens (primary N) is 1. The largest absolute Gasteiger partial charge is 0.491 e. The number of sulfonamides is 1. The Morgan fingerprint density at radius 1 is 1.14 bits per heavy atom. The Labute approximate surface area is 207 Å². The van der Waals surface area contributed by atoms with Gasteiger partial charge in [-0.1, -0.05) is 48.0 Å². The van der Waals surface area contributed by atoms with Gasteiger partial charge in [0.2, 0.25) is 10.0 Å². The third kappa shape index (κ3) is 6.27. The monoisotopic (exact) mass is 543 g/mol. The molecule has 15 heteroatoms. The van der Waals surface area contributed by atoms with Gasteiger partial charge in [0, 0.05) is 23.5 Å². The van der Waals surface area contributed by atoms with Crippen molar-refractivity contribution in [3.63, 3.8) is 0 Å². The minimum absolute atomic E-state index is 0.0174. The maximum atomic E-state index is 13.5. The Morgan fingerprint density at radius 3 is 2.42 bits per heavy atom. The fraction of sp³-hybridized carbons (Fsp3) is 0.143. The Kier molecular flexibility index (Phi) is 7.81. The number of fused-ring (bicyclic) bond motifs is 1. The summed E-state index contributed by atoms with van der Waals surface area (Å²) in [4.78, 5) is 26.8. The van der Waals surface area contributed by atoms with E-state index in [2.05, 4.69) is 15.0 Å². The van der Waals surface area contributed by atoms with Crippen molar-refractivity contribution in [2.45, 2.75) is 17.6 Å². The molecule has 0 radical (unpaired) electrons. The summed E-state index contributed by atoms with van der Waals surface area (Å²) >= 11 is 6.14. The van der Waals surface area contributed by atoms with E-state index < -0.39 is 47.2 Å². The number of alkyl halides is 3. The number of halogens is 4. The van der Waals surface area contributed by atoms with Crippen LogP contribution in [0.2, 0.25) is 5.02 Å². The van der Waals surface area contributed by atoms with Gasteiger partial charge in [-0.2, -0.15) is 17.5 Å². The molecule has 1 heterocycles. The average molecular weight is 544 g/mol. The van der Waals surface area contributed by atoms with Crippen LogP contribution in [0.25, 0.3) is 10.8 Å². The van der Waals surface area contributed by atoms with Crippen molar-refractivity contribution in [2.24, 2.45) is 5.73 Å². The molecule has 0 amide bonds. The zero-order chi connectivity index (χ0) is 26.7. The average Bonchev–Trinajstić information content (AvgIpc) is 2.80. The van der Waals surface area contributed by atoms with E-state index in [1.165, 1.54) is 30.5 Å². The number of ether oxygens (including phenoxy) is 1. The molecule has 0 saturated carbocycles. The second-order valence-electron chi connectivity index (χ2n) is 7.22. The number of hydrogen-bond acceptors (Lipinski definition) is 7. The first-order chi connectivity index (χ1) is 16.8. The first kappa shape index (κ1) is 26.8. The Balaban J connectivity index is 2.04. The van der Waals surface area contributed by atoms with Crippen LogP contribution in [-0.2, 0) is 30.9 Å². The summed E-state index contributed by atoms with van der Waals surface area (Å²) in [5, 5.41) is 10.6. The van der Waals surface area contributed by atoms with Gasteiger partial charge in [0.15, 0.2) is 5.96 Å². The normalized spacial score (nSPS) is 11.9. The van der Waals surface area contributed by atoms with Crippen molar-refractivity contribution in [2.75, 3.05) is 11.9 Å². The van der Waals surface area contributed by atoms with Gasteiger partial charge in [-0.05, 0) is 17.7 Å². The van der Waals surface area contributed by atoms with Gasteiger partial charge in [0.25, 0.3) is 0 Å². The number of pyridine rings is 1. The molecule has 3 rings (SSSR count). The van der Waals surface area contributed by atoms with E-state index >= 15 is 0 Å². The second kappa shape index (κ2) is 10.5. The van der Waals surface area contributed by atoms with Crippen LogP contribution in [0.3, 0.4) is 0 Å². The molecule has 0 spiro atoms. The first-order valence-corrected chi connectivity index (χ1v) is 11.7. The van der Waals surface area contributed by atoms with Crippen molar-refractivity contribution >= 4 is 56.1 Å². The predicted octanol–water partition coefficient (Wildman–Crippen LogP) is 3.02. The molecular formula is C21H17ClF3N5O5S. The van der Waals surface area contributed by atoms with Crippen molar-refractivity contribution < 1.29 is 35.9 Å². The number of benzene rings is 2. The molecular weight excluding hydrogens is 527 g/mol. The van der Waals surface area contributed by atoms with E-state index in [9.17, 15) is 31.2 Å². The number of carbonyl (C=O) groups is 2. The maximum absolute atomic E-state index is 13.5. The van der Waals surface area contributed by atoms with Crippen LogP contribution in [0.4, 0.5) is 19.0 Å². The highest BCUT2D eigenvalue weighted by Crippen LogP contribution is 2.31. The number of anilines is 1. The van der Waals surface area contributed by atoms with Gasteiger partial charge in [-0.15, -0.1) is 0 Å². The number of hydrogen-bond donors (Lipinski definition) is 3. The van der Waals surface area contributed by atoms with Crippen molar-refractivity contribution in [1.29, 1.82) is 5.41 Å². The van der Waals surface area contributed by atoms with Gasteiger partial charge in [-0.3, -0.25) is 10.2 Å². The summed E-state index contributed by atoms with van der Waals surface area (Å²) in [6, 6.07) is 11.6. The Bertz CT molecular complexity index is 1440. The fourth-order valence-electron chi connectivity index (χ4n) is 3.07. The quantitative estimate of drug-likeness (QED) is 0.178. The lowest BCUT2D eigenvalue weighted by Crippen LogP contribution is -2.38. The topological polar surface area (TPSA) is 156 Å². The SMILES string of the molecule is N=C(N)Nc1ncc(Cl)c2ccc(S(=O)(=O)N(CC(=O)OC(=O)C(F)(F)F)Cc3ccccc3)cc12. The van der Waals surface area contributed by atoms with Crippen LogP contribution in [0.1, 0.15) is 5.56 Å². The van der Waals surface area contributed by atoms with Gasteiger partial charge < -0.3 is 15.8 Å². The highest BCUT2D eigenvalue weighted by molar-refractivity contribution is 7.89.